The number of aryl methyl sites for hydroxylation is 2. The quantitative estimate of drug-likeness (QED) is 0.181. The minimum atomic E-state index is -0.465. The molecule has 4 aromatic rings. The highest BCUT2D eigenvalue weighted by molar-refractivity contribution is 6.35. The number of allylic oxidation sites excluding steroid dienone is 1. The molecule has 222 valence electrons. The molecule has 0 atom stereocenters. The third-order valence-corrected chi connectivity index (χ3v) is 6.98. The van der Waals surface area contributed by atoms with Gasteiger partial charge in [-0.2, -0.15) is 10.2 Å². The maximum Gasteiger partial charge on any atom is 0.265 e. The molecular formula is C32H33ClN6O4. The van der Waals surface area contributed by atoms with Gasteiger partial charge in [0.15, 0.2) is 0 Å². The highest BCUT2D eigenvalue weighted by atomic mass is 35.5. The second-order valence-corrected chi connectivity index (χ2v) is 11.2. The van der Waals surface area contributed by atoms with E-state index >= 15 is 0 Å². The lowest BCUT2D eigenvalue weighted by Crippen LogP contribution is -2.24. The highest BCUT2D eigenvalue weighted by Gasteiger charge is 2.19. The zero-order valence-corrected chi connectivity index (χ0v) is 25.7. The van der Waals surface area contributed by atoms with Gasteiger partial charge in [-0.25, -0.2) is 4.98 Å². The third-order valence-electron chi connectivity index (χ3n) is 6.59. The van der Waals surface area contributed by atoms with Gasteiger partial charge < -0.3 is 20.1 Å². The maximum atomic E-state index is 14.0. The van der Waals surface area contributed by atoms with Crippen LogP contribution in [0.2, 0.25) is 5.02 Å². The normalized spacial score (nSPS) is 11.6. The van der Waals surface area contributed by atoms with Crippen LogP contribution in [-0.2, 0) is 17.8 Å². The van der Waals surface area contributed by atoms with Gasteiger partial charge in [0.25, 0.3) is 11.5 Å². The van der Waals surface area contributed by atoms with Gasteiger partial charge in [0.1, 0.15) is 28.8 Å². The number of nitriles is 1. The Balaban J connectivity index is 1.68. The van der Waals surface area contributed by atoms with E-state index in [1.54, 1.807) is 54.2 Å². The molecule has 43 heavy (non-hydrogen) atoms. The lowest BCUT2D eigenvalue weighted by Gasteiger charge is -2.16. The minimum Gasteiger partial charge on any atom is -0.497 e. The summed E-state index contributed by atoms with van der Waals surface area (Å²) in [6, 6.07) is 14.3. The summed E-state index contributed by atoms with van der Waals surface area (Å²) in [6.45, 7) is 6.07. The van der Waals surface area contributed by atoms with E-state index in [9.17, 15) is 14.9 Å². The lowest BCUT2D eigenvalue weighted by molar-refractivity contribution is -0.112. The van der Waals surface area contributed by atoms with Crippen LogP contribution in [-0.4, -0.2) is 41.7 Å². The topological polar surface area (TPSA) is 131 Å². The number of anilines is 2. The number of hydrogen-bond acceptors (Lipinski definition) is 8. The number of carbonyl (C=O) groups excluding carboxylic acids is 1. The van der Waals surface area contributed by atoms with Gasteiger partial charge >= 0.3 is 0 Å². The van der Waals surface area contributed by atoms with Crippen LogP contribution in [0.4, 0.5) is 11.6 Å². The van der Waals surface area contributed by atoms with Crippen molar-refractivity contribution in [3.05, 3.63) is 81.3 Å². The molecule has 0 saturated heterocycles. The number of ether oxygens (including phenoxy) is 2. The molecule has 2 aromatic carbocycles. The van der Waals surface area contributed by atoms with Crippen LogP contribution in [0.3, 0.4) is 0 Å². The van der Waals surface area contributed by atoms with E-state index in [0.29, 0.717) is 58.3 Å². The van der Waals surface area contributed by atoms with E-state index in [1.165, 1.54) is 14.2 Å². The first-order chi connectivity index (χ1) is 20.5. The molecule has 10 nitrogen and oxygen atoms in total. The number of amides is 1. The number of aromatic nitrogens is 3. The van der Waals surface area contributed by atoms with Crippen LogP contribution in [0.25, 0.3) is 22.2 Å². The predicted molar refractivity (Wildman–Crippen MR) is 169 cm³/mol. The molecule has 2 N–H and O–H groups in total. The second-order valence-electron chi connectivity index (χ2n) is 10.9. The Kier molecular flexibility index (Phi) is 9.37. The smallest absolute Gasteiger partial charge is 0.265 e. The molecule has 2 heterocycles. The summed E-state index contributed by atoms with van der Waals surface area (Å²) < 4.78 is 12.4. The monoisotopic (exact) mass is 600 g/mol. The van der Waals surface area contributed by atoms with Gasteiger partial charge in [-0.05, 0) is 41.7 Å². The largest absolute Gasteiger partial charge is 0.497 e. The number of nitrogens with one attached hydrogen (secondary N) is 2. The molecule has 2 aromatic heterocycles. The zero-order chi connectivity index (χ0) is 31.3. The summed E-state index contributed by atoms with van der Waals surface area (Å²) in [5.74, 6) is 0.790. The number of benzene rings is 2. The van der Waals surface area contributed by atoms with Crippen LogP contribution in [0, 0.1) is 16.7 Å². The van der Waals surface area contributed by atoms with E-state index in [1.807, 2.05) is 39.0 Å². The van der Waals surface area contributed by atoms with Gasteiger partial charge in [0.2, 0.25) is 5.95 Å². The number of methoxy groups -OCH3 is 2. The van der Waals surface area contributed by atoms with Crippen LogP contribution in [0.5, 0.6) is 11.5 Å². The lowest BCUT2D eigenvalue weighted by atomic mass is 9.93. The summed E-state index contributed by atoms with van der Waals surface area (Å²) in [4.78, 5) is 35.5. The van der Waals surface area contributed by atoms with Gasteiger partial charge in [0.05, 0.1) is 19.2 Å². The van der Waals surface area contributed by atoms with E-state index < -0.39 is 5.91 Å². The molecule has 0 aliphatic rings. The van der Waals surface area contributed by atoms with Crippen LogP contribution in [0.15, 0.2) is 65.1 Å². The van der Waals surface area contributed by atoms with Crippen molar-refractivity contribution >= 4 is 40.2 Å². The van der Waals surface area contributed by atoms with E-state index in [0.717, 1.165) is 5.56 Å². The summed E-state index contributed by atoms with van der Waals surface area (Å²) >= 11 is 6.66. The molecule has 0 aliphatic heterocycles. The number of pyridine rings is 1. The van der Waals surface area contributed by atoms with Crippen LogP contribution < -0.4 is 25.7 Å². The summed E-state index contributed by atoms with van der Waals surface area (Å²) in [5, 5.41) is 16.0. The van der Waals surface area contributed by atoms with Crippen molar-refractivity contribution in [2.24, 2.45) is 5.41 Å². The number of carbonyl (C=O) groups is 1. The molecule has 4 rings (SSSR count). The summed E-state index contributed by atoms with van der Waals surface area (Å²) in [6.07, 6.45) is 3.79. The zero-order valence-electron chi connectivity index (χ0n) is 24.9. The fourth-order valence-corrected chi connectivity index (χ4v) is 4.78. The van der Waals surface area contributed by atoms with Gasteiger partial charge in [-0.3, -0.25) is 14.2 Å². The molecule has 0 bridgehead atoms. The number of halogens is 1. The Hall–Kier alpha value is -4.88. The van der Waals surface area contributed by atoms with Crippen molar-refractivity contribution in [3.63, 3.8) is 0 Å². The van der Waals surface area contributed by atoms with Crippen molar-refractivity contribution in [3.8, 4) is 28.7 Å². The van der Waals surface area contributed by atoms with Crippen molar-refractivity contribution in [1.29, 1.82) is 5.26 Å². The van der Waals surface area contributed by atoms with E-state index in [4.69, 9.17) is 21.1 Å². The summed E-state index contributed by atoms with van der Waals surface area (Å²) in [7, 11) is 4.73. The molecular weight excluding hydrogens is 568 g/mol. The second kappa shape index (κ2) is 13.0. The Bertz CT molecular complexity index is 1800. The Morgan fingerprint density at radius 2 is 1.84 bits per heavy atom. The molecule has 0 unspecified atom stereocenters. The average molecular weight is 601 g/mol. The van der Waals surface area contributed by atoms with Crippen molar-refractivity contribution in [2.75, 3.05) is 31.9 Å². The number of nitrogens with zero attached hydrogens (tertiary/aromatic N) is 4. The molecule has 0 spiro atoms. The van der Waals surface area contributed by atoms with Crippen molar-refractivity contribution in [2.45, 2.75) is 33.7 Å². The SMILES string of the molecule is CNc1ncc2cc(-c3cc(OC)cc(OC)c3Cl)c(=O)n(CCc3ccc(NC(=O)C(C#N)=CC(C)(C)C)cc3)c2n1. The summed E-state index contributed by atoms with van der Waals surface area (Å²) in [5.41, 5.74) is 2.23. The first-order valence-electron chi connectivity index (χ1n) is 13.5. The standard InChI is InChI=1S/C32H33ClN6O4/c1-32(2,3)16-21(17-34)29(40)37-22-9-7-19(8-10-22)11-12-39-28-20(18-36-31(35-4)38-28)13-25(30(39)41)24-14-23(42-5)15-26(43-6)27(24)33/h7-10,13-16,18H,11-12H2,1-6H3,(H,37,40)(H,35,36,38). The van der Waals surface area contributed by atoms with E-state index in [2.05, 4.69) is 20.6 Å². The fraction of sp³-hybridized carbons (Fsp3) is 0.281. The Morgan fingerprint density at radius 1 is 1.12 bits per heavy atom. The average Bonchev–Trinajstić information content (AvgIpc) is 2.99. The predicted octanol–water partition coefficient (Wildman–Crippen LogP) is 5.85. The van der Waals surface area contributed by atoms with Gasteiger partial charge in [-0.1, -0.05) is 50.6 Å². The third kappa shape index (κ3) is 7.13. The van der Waals surface area contributed by atoms with Crippen molar-refractivity contribution in [1.82, 2.24) is 14.5 Å². The molecule has 0 saturated carbocycles. The maximum absolute atomic E-state index is 14.0. The van der Waals surface area contributed by atoms with Crippen LogP contribution >= 0.6 is 11.6 Å². The minimum absolute atomic E-state index is 0.0550. The first-order valence-corrected chi connectivity index (χ1v) is 13.9. The first kappa shape index (κ1) is 31.1. The van der Waals surface area contributed by atoms with Gasteiger partial charge in [-0.15, -0.1) is 0 Å². The van der Waals surface area contributed by atoms with Gasteiger partial charge in [0, 0.05) is 48.1 Å². The molecule has 11 heteroatoms. The molecule has 0 fully saturated rings. The Morgan fingerprint density at radius 3 is 2.44 bits per heavy atom. The number of fused-ring (bicyclic) bond motifs is 1. The van der Waals surface area contributed by atoms with Crippen LogP contribution in [0.1, 0.15) is 26.3 Å². The number of rotatable bonds is 9. The number of hydrogen-bond donors (Lipinski definition) is 2. The fourth-order valence-electron chi connectivity index (χ4n) is 4.49. The Labute approximate surface area is 254 Å². The molecule has 0 radical (unpaired) electrons. The molecule has 0 aliphatic carbocycles. The highest BCUT2D eigenvalue weighted by Crippen LogP contribution is 2.38. The van der Waals surface area contributed by atoms with E-state index in [-0.39, 0.29) is 21.6 Å². The van der Waals surface area contributed by atoms with Crippen molar-refractivity contribution < 1.29 is 14.3 Å². The molecule has 1 amide bonds.